The number of sulfone groups is 1. The maximum atomic E-state index is 13.1. The molecule has 3 rings (SSSR count). The van der Waals surface area contributed by atoms with Gasteiger partial charge in [0.15, 0.2) is 21.4 Å². The van der Waals surface area contributed by atoms with Crippen molar-refractivity contribution >= 4 is 44.8 Å². The van der Waals surface area contributed by atoms with Crippen LogP contribution in [0.4, 0.5) is 0 Å². The van der Waals surface area contributed by atoms with Crippen molar-refractivity contribution in [2.45, 2.75) is 49.7 Å². The largest absolute Gasteiger partial charge is 0.294 e. The van der Waals surface area contributed by atoms with Crippen LogP contribution in [0.5, 0.6) is 0 Å². The summed E-state index contributed by atoms with van der Waals surface area (Å²) < 4.78 is 24.0. The third-order valence-corrected chi connectivity index (χ3v) is 7.76. The number of rotatable bonds is 4. The van der Waals surface area contributed by atoms with Crippen LogP contribution in [-0.2, 0) is 21.1 Å². The van der Waals surface area contributed by atoms with Crippen molar-refractivity contribution in [2.75, 3.05) is 5.75 Å². The Kier molecular flexibility index (Phi) is 5.15. The topological polar surface area (TPSA) is 68.3 Å². The van der Waals surface area contributed by atoms with Gasteiger partial charge in [0.05, 0.1) is 21.2 Å². The SMILES string of the molecule is CC(C)SC1=C(C(=O)c2ccc3c(c2Cl)CCS3(=O)=O)C(=O)CCC1. The quantitative estimate of drug-likeness (QED) is 0.566. The second kappa shape index (κ2) is 6.89. The van der Waals surface area contributed by atoms with E-state index in [1.165, 1.54) is 12.1 Å². The third kappa shape index (κ3) is 3.44. The van der Waals surface area contributed by atoms with E-state index in [0.717, 1.165) is 11.3 Å². The Balaban J connectivity index is 2.09. The van der Waals surface area contributed by atoms with E-state index < -0.39 is 9.84 Å². The summed E-state index contributed by atoms with van der Waals surface area (Å²) in [7, 11) is -3.31. The first-order valence-electron chi connectivity index (χ1n) is 8.24. The zero-order valence-corrected chi connectivity index (χ0v) is 16.5. The first-order valence-corrected chi connectivity index (χ1v) is 11.1. The molecular weight excluding hydrogens is 380 g/mol. The molecule has 7 heteroatoms. The van der Waals surface area contributed by atoms with Gasteiger partial charge in [0.25, 0.3) is 0 Å². The summed E-state index contributed by atoms with van der Waals surface area (Å²) in [6, 6.07) is 2.89. The van der Waals surface area contributed by atoms with Gasteiger partial charge < -0.3 is 0 Å². The molecule has 1 aromatic rings. The molecule has 0 radical (unpaired) electrons. The smallest absolute Gasteiger partial charge is 0.198 e. The zero-order chi connectivity index (χ0) is 18.4. The van der Waals surface area contributed by atoms with Crippen LogP contribution in [0.2, 0.25) is 5.02 Å². The number of ketones is 2. The lowest BCUT2D eigenvalue weighted by Gasteiger charge is -2.20. The van der Waals surface area contributed by atoms with Crippen molar-refractivity contribution in [1.29, 1.82) is 0 Å². The molecule has 0 aromatic heterocycles. The lowest BCUT2D eigenvalue weighted by molar-refractivity contribution is -0.115. The fourth-order valence-corrected chi connectivity index (χ4v) is 6.36. The predicted octanol–water partition coefficient (Wildman–Crippen LogP) is 4.00. The van der Waals surface area contributed by atoms with E-state index in [2.05, 4.69) is 0 Å². The van der Waals surface area contributed by atoms with Crippen LogP contribution >= 0.6 is 23.4 Å². The Morgan fingerprint density at radius 2 is 1.92 bits per heavy atom. The number of benzene rings is 1. The van der Waals surface area contributed by atoms with Crippen molar-refractivity contribution in [3.05, 3.63) is 38.8 Å². The zero-order valence-electron chi connectivity index (χ0n) is 14.1. The van der Waals surface area contributed by atoms with E-state index in [-0.39, 0.29) is 43.6 Å². The average Bonchev–Trinajstić information content (AvgIpc) is 2.83. The molecule has 0 bridgehead atoms. The van der Waals surface area contributed by atoms with E-state index in [9.17, 15) is 18.0 Å². The minimum Gasteiger partial charge on any atom is -0.294 e. The molecule has 1 heterocycles. The van der Waals surface area contributed by atoms with Gasteiger partial charge in [0.2, 0.25) is 0 Å². The number of allylic oxidation sites excluding steroid dienone is 2. The molecule has 2 aliphatic rings. The number of carbonyl (C=O) groups is 2. The van der Waals surface area contributed by atoms with E-state index in [0.29, 0.717) is 24.8 Å². The Labute approximate surface area is 156 Å². The lowest BCUT2D eigenvalue weighted by atomic mass is 9.91. The van der Waals surface area contributed by atoms with Gasteiger partial charge in [-0.15, -0.1) is 11.8 Å². The van der Waals surface area contributed by atoms with Gasteiger partial charge in [-0.2, -0.15) is 0 Å². The summed E-state index contributed by atoms with van der Waals surface area (Å²) in [6.45, 7) is 4.04. The first-order chi connectivity index (χ1) is 11.7. The minimum atomic E-state index is -3.31. The van der Waals surface area contributed by atoms with Crippen molar-refractivity contribution in [2.24, 2.45) is 0 Å². The number of Topliss-reactive ketones (excluding diaryl/α,β-unsaturated/α-hetero) is 2. The maximum absolute atomic E-state index is 13.1. The molecule has 1 aromatic carbocycles. The molecule has 0 atom stereocenters. The summed E-state index contributed by atoms with van der Waals surface area (Å²) >= 11 is 7.91. The first kappa shape index (κ1) is 18.7. The number of hydrogen-bond acceptors (Lipinski definition) is 5. The Morgan fingerprint density at radius 1 is 1.20 bits per heavy atom. The number of carbonyl (C=O) groups excluding carboxylic acids is 2. The fourth-order valence-electron chi connectivity index (χ4n) is 3.25. The number of fused-ring (bicyclic) bond motifs is 1. The number of thioether (sulfide) groups is 1. The van der Waals surface area contributed by atoms with Crippen LogP contribution in [0.25, 0.3) is 0 Å². The molecule has 25 heavy (non-hydrogen) atoms. The van der Waals surface area contributed by atoms with Gasteiger partial charge in [-0.25, -0.2) is 8.42 Å². The van der Waals surface area contributed by atoms with Crippen molar-refractivity contribution in [3.8, 4) is 0 Å². The predicted molar refractivity (Wildman–Crippen MR) is 100 cm³/mol. The monoisotopic (exact) mass is 398 g/mol. The molecule has 0 N–H and O–H groups in total. The van der Waals surface area contributed by atoms with E-state index >= 15 is 0 Å². The Morgan fingerprint density at radius 3 is 2.60 bits per heavy atom. The summed E-state index contributed by atoms with van der Waals surface area (Å²) in [5.74, 6) is -0.524. The maximum Gasteiger partial charge on any atom is 0.198 e. The second-order valence-corrected chi connectivity index (χ2v) is 10.7. The van der Waals surface area contributed by atoms with Crippen LogP contribution in [0.15, 0.2) is 27.5 Å². The van der Waals surface area contributed by atoms with Crippen molar-refractivity contribution in [3.63, 3.8) is 0 Å². The third-order valence-electron chi connectivity index (χ3n) is 4.37. The van der Waals surface area contributed by atoms with E-state index in [1.807, 2.05) is 13.8 Å². The average molecular weight is 399 g/mol. The van der Waals surface area contributed by atoms with Crippen molar-refractivity contribution < 1.29 is 18.0 Å². The van der Waals surface area contributed by atoms with E-state index in [4.69, 9.17) is 11.6 Å². The molecule has 0 spiro atoms. The molecule has 0 fully saturated rings. The highest BCUT2D eigenvalue weighted by Crippen LogP contribution is 2.38. The van der Waals surface area contributed by atoms with Crippen LogP contribution in [0, 0.1) is 0 Å². The van der Waals surface area contributed by atoms with Gasteiger partial charge in [-0.1, -0.05) is 25.4 Å². The summed E-state index contributed by atoms with van der Waals surface area (Å²) in [4.78, 5) is 26.5. The number of hydrogen-bond donors (Lipinski definition) is 0. The summed E-state index contributed by atoms with van der Waals surface area (Å²) in [5, 5.41) is 0.438. The Bertz CT molecular complexity index is 898. The highest BCUT2D eigenvalue weighted by Gasteiger charge is 2.33. The molecule has 0 saturated heterocycles. The molecule has 4 nitrogen and oxygen atoms in total. The van der Waals surface area contributed by atoms with Crippen LogP contribution in [0.3, 0.4) is 0 Å². The highest BCUT2D eigenvalue weighted by atomic mass is 35.5. The van der Waals surface area contributed by atoms with Gasteiger partial charge >= 0.3 is 0 Å². The minimum absolute atomic E-state index is 0.00970. The summed E-state index contributed by atoms with van der Waals surface area (Å²) in [6.07, 6.45) is 2.13. The molecule has 0 unspecified atom stereocenters. The summed E-state index contributed by atoms with van der Waals surface area (Å²) in [5.41, 5.74) is 0.951. The van der Waals surface area contributed by atoms with Gasteiger partial charge in [0.1, 0.15) is 0 Å². The standard InChI is InChI=1S/C18H19ClO4S2/c1-10(2)24-14-5-3-4-13(20)16(14)18(21)12-6-7-15-11(17(12)19)8-9-25(15,22)23/h6-7,10H,3-5,8-9H2,1-2H3. The highest BCUT2D eigenvalue weighted by molar-refractivity contribution is 8.03. The molecular formula is C18H19ClO4S2. The molecule has 0 saturated carbocycles. The van der Waals surface area contributed by atoms with Gasteiger partial charge in [-0.3, -0.25) is 9.59 Å². The molecule has 1 aliphatic heterocycles. The van der Waals surface area contributed by atoms with Crippen LogP contribution in [-0.4, -0.2) is 31.0 Å². The molecule has 0 amide bonds. The molecule has 134 valence electrons. The second-order valence-electron chi connectivity index (χ2n) is 6.54. The normalized spacial score (nSPS) is 19.4. The molecule has 1 aliphatic carbocycles. The van der Waals surface area contributed by atoms with Gasteiger partial charge in [0, 0.05) is 17.2 Å². The van der Waals surface area contributed by atoms with E-state index in [1.54, 1.807) is 11.8 Å². The van der Waals surface area contributed by atoms with Gasteiger partial charge in [-0.05, 0) is 41.9 Å². The van der Waals surface area contributed by atoms with Crippen LogP contribution in [0.1, 0.15) is 49.0 Å². The Hall–Kier alpha value is -1.11. The lowest BCUT2D eigenvalue weighted by Crippen LogP contribution is -2.20. The fraction of sp³-hybridized carbons (Fsp3) is 0.444. The van der Waals surface area contributed by atoms with Crippen molar-refractivity contribution in [1.82, 2.24) is 0 Å². The van der Waals surface area contributed by atoms with Crippen LogP contribution < -0.4 is 0 Å². The number of halogens is 1.